The number of rotatable bonds is 4. The second-order valence-electron chi connectivity index (χ2n) is 3.85. The molecule has 3 nitrogen and oxygen atoms in total. The highest BCUT2D eigenvalue weighted by molar-refractivity contribution is 4.92. The van der Waals surface area contributed by atoms with E-state index in [0.29, 0.717) is 5.92 Å². The molecule has 1 rings (SSSR count). The molecule has 3 heteroatoms. The van der Waals surface area contributed by atoms with E-state index in [1.807, 2.05) is 30.9 Å². The Balaban J connectivity index is 2.45. The van der Waals surface area contributed by atoms with Crippen molar-refractivity contribution in [2.45, 2.75) is 32.8 Å². The molecule has 0 fully saturated rings. The number of imidazole rings is 1. The fourth-order valence-corrected chi connectivity index (χ4v) is 1.57. The monoisotopic (exact) mass is 182 g/mol. The van der Waals surface area contributed by atoms with Crippen LogP contribution in [0.3, 0.4) is 0 Å². The molecule has 0 saturated carbocycles. The van der Waals surface area contributed by atoms with Gasteiger partial charge in [0.05, 0.1) is 6.10 Å². The average molecular weight is 182 g/mol. The first-order valence-electron chi connectivity index (χ1n) is 4.74. The lowest BCUT2D eigenvalue weighted by molar-refractivity contribution is 0.163. The zero-order chi connectivity index (χ0) is 9.84. The van der Waals surface area contributed by atoms with Crippen LogP contribution in [-0.4, -0.2) is 20.8 Å². The van der Waals surface area contributed by atoms with Crippen LogP contribution in [0.1, 0.15) is 26.1 Å². The van der Waals surface area contributed by atoms with Gasteiger partial charge in [-0.25, -0.2) is 4.98 Å². The van der Waals surface area contributed by atoms with Gasteiger partial charge in [-0.2, -0.15) is 0 Å². The molecule has 74 valence electrons. The van der Waals surface area contributed by atoms with Crippen LogP contribution in [-0.2, 0) is 13.5 Å². The third-order valence-corrected chi connectivity index (χ3v) is 2.20. The van der Waals surface area contributed by atoms with E-state index in [9.17, 15) is 5.11 Å². The number of aliphatic hydroxyl groups is 1. The van der Waals surface area contributed by atoms with Gasteiger partial charge < -0.3 is 9.67 Å². The summed E-state index contributed by atoms with van der Waals surface area (Å²) in [4.78, 5) is 4.24. The van der Waals surface area contributed by atoms with Gasteiger partial charge in [0.1, 0.15) is 5.82 Å². The average Bonchev–Trinajstić information content (AvgIpc) is 2.34. The quantitative estimate of drug-likeness (QED) is 0.763. The minimum absolute atomic E-state index is 0.213. The normalized spacial score (nSPS) is 15.7. The van der Waals surface area contributed by atoms with Crippen LogP contribution in [0.4, 0.5) is 0 Å². The molecule has 0 radical (unpaired) electrons. The number of aromatic nitrogens is 2. The Labute approximate surface area is 79.4 Å². The first-order valence-corrected chi connectivity index (χ1v) is 4.74. The molecule has 1 aromatic rings. The van der Waals surface area contributed by atoms with Crippen molar-refractivity contribution in [1.29, 1.82) is 0 Å². The Morgan fingerprint density at radius 3 is 2.69 bits per heavy atom. The molecule has 0 aliphatic carbocycles. The third-order valence-electron chi connectivity index (χ3n) is 2.20. The summed E-state index contributed by atoms with van der Waals surface area (Å²) in [5, 5.41) is 9.19. The summed E-state index contributed by atoms with van der Waals surface area (Å²) in [7, 11) is 2.00. The first kappa shape index (κ1) is 10.3. The Bertz CT molecular complexity index is 255. The summed E-state index contributed by atoms with van der Waals surface area (Å²) in [5.41, 5.74) is 0. The number of aliphatic hydroxyl groups excluding tert-OH is 1. The van der Waals surface area contributed by atoms with Crippen LogP contribution >= 0.6 is 0 Å². The van der Waals surface area contributed by atoms with Crippen molar-refractivity contribution in [2.24, 2.45) is 13.0 Å². The van der Waals surface area contributed by atoms with Crippen LogP contribution in [0.5, 0.6) is 0 Å². The largest absolute Gasteiger partial charge is 0.393 e. The summed E-state index contributed by atoms with van der Waals surface area (Å²) in [5.74, 6) is 1.58. The molecule has 0 saturated heterocycles. The smallest absolute Gasteiger partial charge is 0.108 e. The Morgan fingerprint density at radius 2 is 2.23 bits per heavy atom. The minimum atomic E-state index is -0.213. The van der Waals surface area contributed by atoms with Gasteiger partial charge in [0.15, 0.2) is 0 Å². The second kappa shape index (κ2) is 4.42. The fraction of sp³-hybridized carbons (Fsp3) is 0.700. The van der Waals surface area contributed by atoms with Crippen LogP contribution in [0, 0.1) is 5.92 Å². The van der Waals surface area contributed by atoms with Crippen LogP contribution in [0.2, 0.25) is 0 Å². The molecule has 0 aliphatic heterocycles. The number of hydrogen-bond donors (Lipinski definition) is 1. The summed E-state index contributed by atoms with van der Waals surface area (Å²) in [6, 6.07) is 0. The van der Waals surface area contributed by atoms with E-state index in [0.717, 1.165) is 18.7 Å². The summed E-state index contributed by atoms with van der Waals surface area (Å²) >= 11 is 0. The van der Waals surface area contributed by atoms with Crippen molar-refractivity contribution < 1.29 is 5.11 Å². The van der Waals surface area contributed by atoms with Crippen LogP contribution < -0.4 is 0 Å². The van der Waals surface area contributed by atoms with Crippen molar-refractivity contribution in [3.8, 4) is 0 Å². The third kappa shape index (κ3) is 3.19. The molecule has 2 unspecified atom stereocenters. The molecular weight excluding hydrogens is 164 g/mol. The maximum absolute atomic E-state index is 9.19. The van der Waals surface area contributed by atoms with Gasteiger partial charge in [0.2, 0.25) is 0 Å². The molecular formula is C10H18N2O. The predicted molar refractivity (Wildman–Crippen MR) is 52.4 cm³/mol. The van der Waals surface area contributed by atoms with E-state index in [4.69, 9.17) is 0 Å². The molecule has 0 amide bonds. The van der Waals surface area contributed by atoms with Crippen molar-refractivity contribution in [2.75, 3.05) is 0 Å². The zero-order valence-corrected chi connectivity index (χ0v) is 8.57. The molecule has 0 spiro atoms. The Kier molecular flexibility index (Phi) is 3.48. The molecule has 0 aromatic carbocycles. The lowest BCUT2D eigenvalue weighted by Crippen LogP contribution is -2.11. The van der Waals surface area contributed by atoms with Crippen molar-refractivity contribution >= 4 is 0 Å². The molecule has 1 aromatic heterocycles. The highest BCUT2D eigenvalue weighted by Crippen LogP contribution is 2.11. The predicted octanol–water partition coefficient (Wildman–Crippen LogP) is 1.37. The molecule has 0 bridgehead atoms. The first-order chi connectivity index (χ1) is 6.09. The number of aryl methyl sites for hydroxylation is 1. The van der Waals surface area contributed by atoms with Gasteiger partial charge in [0.25, 0.3) is 0 Å². The van der Waals surface area contributed by atoms with Gasteiger partial charge in [0, 0.05) is 25.9 Å². The van der Waals surface area contributed by atoms with Gasteiger partial charge in [-0.05, 0) is 19.3 Å². The van der Waals surface area contributed by atoms with Gasteiger partial charge >= 0.3 is 0 Å². The number of nitrogens with zero attached hydrogens (tertiary/aromatic N) is 2. The SMILES string of the molecule is CC(O)CC(C)Cc1nccn1C. The molecule has 1 heterocycles. The molecule has 13 heavy (non-hydrogen) atoms. The van der Waals surface area contributed by atoms with E-state index in [-0.39, 0.29) is 6.10 Å². The van der Waals surface area contributed by atoms with Gasteiger partial charge in [-0.3, -0.25) is 0 Å². The topological polar surface area (TPSA) is 38.1 Å². The van der Waals surface area contributed by atoms with E-state index < -0.39 is 0 Å². The van der Waals surface area contributed by atoms with Crippen LogP contribution in [0.15, 0.2) is 12.4 Å². The van der Waals surface area contributed by atoms with Crippen LogP contribution in [0.25, 0.3) is 0 Å². The highest BCUT2D eigenvalue weighted by atomic mass is 16.3. The van der Waals surface area contributed by atoms with E-state index in [2.05, 4.69) is 11.9 Å². The lowest BCUT2D eigenvalue weighted by atomic mass is 10.0. The minimum Gasteiger partial charge on any atom is -0.393 e. The van der Waals surface area contributed by atoms with E-state index >= 15 is 0 Å². The summed E-state index contributed by atoms with van der Waals surface area (Å²) in [6.45, 7) is 3.97. The maximum Gasteiger partial charge on any atom is 0.108 e. The Hall–Kier alpha value is -0.830. The van der Waals surface area contributed by atoms with Gasteiger partial charge in [-0.15, -0.1) is 0 Å². The van der Waals surface area contributed by atoms with E-state index in [1.165, 1.54) is 0 Å². The lowest BCUT2D eigenvalue weighted by Gasteiger charge is -2.12. The molecule has 0 aliphatic rings. The maximum atomic E-state index is 9.19. The summed E-state index contributed by atoms with van der Waals surface area (Å²) < 4.78 is 2.03. The highest BCUT2D eigenvalue weighted by Gasteiger charge is 2.09. The summed E-state index contributed by atoms with van der Waals surface area (Å²) in [6.07, 6.45) is 5.33. The molecule has 1 N–H and O–H groups in total. The molecule has 2 atom stereocenters. The van der Waals surface area contributed by atoms with Crippen molar-refractivity contribution in [3.63, 3.8) is 0 Å². The Morgan fingerprint density at radius 1 is 1.54 bits per heavy atom. The number of hydrogen-bond acceptors (Lipinski definition) is 2. The second-order valence-corrected chi connectivity index (χ2v) is 3.85. The standard InChI is InChI=1S/C10H18N2O/c1-8(6-9(2)13)7-10-11-4-5-12(10)3/h4-5,8-9,13H,6-7H2,1-3H3. The van der Waals surface area contributed by atoms with Crippen molar-refractivity contribution in [3.05, 3.63) is 18.2 Å². The van der Waals surface area contributed by atoms with Crippen molar-refractivity contribution in [1.82, 2.24) is 9.55 Å². The van der Waals surface area contributed by atoms with E-state index in [1.54, 1.807) is 0 Å². The zero-order valence-electron chi connectivity index (χ0n) is 8.57. The fourth-order valence-electron chi connectivity index (χ4n) is 1.57. The van der Waals surface area contributed by atoms with Gasteiger partial charge in [-0.1, -0.05) is 6.92 Å².